The molecule has 7 aliphatic heterocycles. The number of nitrogens with two attached hydrogens (primary N) is 7. The van der Waals surface area contributed by atoms with Gasteiger partial charge in [-0.25, -0.2) is 19.9 Å². The molecule has 109 heavy (non-hydrogen) atoms. The Morgan fingerprint density at radius 3 is 1.94 bits per heavy atom. The maximum Gasteiger partial charge on any atom is 2.00 e. The van der Waals surface area contributed by atoms with Crippen LogP contribution in [-0.2, 0) is 73.4 Å². The first-order chi connectivity index (χ1) is 50.4. The van der Waals surface area contributed by atoms with Crippen LogP contribution in [-0.4, -0.2) is 175 Å². The molecule has 3 fully saturated rings. The number of phosphoric acid groups is 1. The molecule has 37 heteroatoms. The number of hydrogen-bond acceptors (Lipinski definition) is 25. The molecule has 11 rings (SSSR count). The summed E-state index contributed by atoms with van der Waals surface area (Å²) in [6.07, 6.45) is -5.69. The minimum atomic E-state index is -5.32. The number of aryl methyl sites for hydroxylation is 2. The number of phosphoric ester groups is 1. The van der Waals surface area contributed by atoms with Crippen LogP contribution in [0.2, 0.25) is 0 Å². The summed E-state index contributed by atoms with van der Waals surface area (Å²) < 4.78 is 38.8. The molecule has 3 aromatic heterocycles. The van der Waals surface area contributed by atoms with Crippen molar-refractivity contribution in [3.8, 4) is 0 Å². The normalized spacial score (nSPS) is 33.6. The van der Waals surface area contributed by atoms with Crippen molar-refractivity contribution < 1.29 is 98.7 Å². The van der Waals surface area contributed by atoms with Crippen LogP contribution in [0.5, 0.6) is 0 Å². The van der Waals surface area contributed by atoms with E-state index in [1.165, 1.54) is 35.0 Å². The molecule has 1 radical (unpaired) electrons. The van der Waals surface area contributed by atoms with Crippen molar-refractivity contribution in [2.45, 2.75) is 214 Å². The maximum absolute atomic E-state index is 14.4. The van der Waals surface area contributed by atoms with Crippen molar-refractivity contribution in [2.75, 3.05) is 18.9 Å². The van der Waals surface area contributed by atoms with E-state index in [0.29, 0.717) is 67.6 Å². The molecule has 4 aromatic rings. The van der Waals surface area contributed by atoms with Crippen LogP contribution in [0.4, 0.5) is 5.82 Å². The van der Waals surface area contributed by atoms with Gasteiger partial charge in [0.2, 0.25) is 41.4 Å². The van der Waals surface area contributed by atoms with Gasteiger partial charge in [-0.05, 0) is 125 Å². The van der Waals surface area contributed by atoms with Crippen LogP contribution < -0.4 is 50.3 Å². The van der Waals surface area contributed by atoms with Gasteiger partial charge < -0.3 is 106 Å². The number of nitrogens with zero attached hydrogens (tertiary/aromatic N) is 10. The molecule has 0 saturated carbocycles. The Hall–Kier alpha value is -8.26. The molecule has 0 aliphatic carbocycles. The number of carbonyl (C=O) groups is 7. The number of allylic oxidation sites excluding steroid dienone is 6. The van der Waals surface area contributed by atoms with Crippen LogP contribution in [0.25, 0.3) is 27.5 Å². The third-order valence-electron chi connectivity index (χ3n) is 23.5. The zero-order chi connectivity index (χ0) is 79.6. The van der Waals surface area contributed by atoms with Gasteiger partial charge in [0.05, 0.1) is 53.7 Å². The number of carbonyl (C=O) groups excluding carboxylic acids is 7. The zero-order valence-electron chi connectivity index (χ0n) is 62.8. The van der Waals surface area contributed by atoms with Crippen molar-refractivity contribution in [3.63, 3.8) is 0 Å². The number of fused-ring (bicyclic) bond motifs is 8. The number of rotatable bonds is 27. The molecule has 0 spiro atoms. The Labute approximate surface area is 640 Å². The predicted octanol–water partition coefficient (Wildman–Crippen LogP) is 2.17. The summed E-state index contributed by atoms with van der Waals surface area (Å²) in [6.45, 7) is 22.6. The number of ether oxygens (including phenoxy) is 2. The molecule has 19 atom stereocenters. The number of aliphatic hydroxyl groups excluding tert-OH is 4. The van der Waals surface area contributed by atoms with Gasteiger partial charge in [0.25, 0.3) is 7.82 Å². The summed E-state index contributed by atoms with van der Waals surface area (Å²) in [5.74, 6) is -7.16. The van der Waals surface area contributed by atoms with Crippen molar-refractivity contribution in [2.24, 2.45) is 94.7 Å². The Morgan fingerprint density at radius 1 is 0.734 bits per heavy atom. The molecule has 8 bridgehead atoms. The monoisotopic (exact) mass is 1580 g/mol. The number of aliphatic imine (C=N–C) groups is 3. The topological polar surface area (TPSA) is 584 Å². The Balaban J connectivity index is 0.000000623. The summed E-state index contributed by atoms with van der Waals surface area (Å²) in [4.78, 5) is 140. The second-order valence-electron chi connectivity index (χ2n) is 31.1. The number of nitrogens with one attached hydrogen (secondary N) is 1. The van der Waals surface area contributed by atoms with Crippen LogP contribution in [0.15, 0.2) is 80.4 Å². The van der Waals surface area contributed by atoms with Crippen LogP contribution in [0.1, 0.15) is 157 Å². The summed E-state index contributed by atoms with van der Waals surface area (Å²) >= 11 is 0. The summed E-state index contributed by atoms with van der Waals surface area (Å²) in [7, 11) is -5.32. The Morgan fingerprint density at radius 2 is 1.34 bits per heavy atom. The van der Waals surface area contributed by atoms with Gasteiger partial charge in [0.1, 0.15) is 36.3 Å². The van der Waals surface area contributed by atoms with E-state index >= 15 is 0 Å². The van der Waals surface area contributed by atoms with E-state index in [0.717, 1.165) is 11.1 Å². The number of primary amides is 6. The van der Waals surface area contributed by atoms with E-state index in [4.69, 9.17) is 79.0 Å². The number of benzene rings is 1. The molecule has 5 unspecified atom stereocenters. The van der Waals surface area contributed by atoms with Gasteiger partial charge >= 0.3 is 16.8 Å². The van der Waals surface area contributed by atoms with E-state index in [9.17, 15) is 63.4 Å². The fourth-order valence-electron chi connectivity index (χ4n) is 17.3. The number of imidazole rings is 2. The van der Waals surface area contributed by atoms with Crippen LogP contribution in [0.3, 0.4) is 0 Å². The largest absolute Gasteiger partial charge is 2.00 e. The molecule has 595 valence electrons. The molecular weight excluding hydrogens is 1480 g/mol. The number of amides is 7. The van der Waals surface area contributed by atoms with Crippen molar-refractivity contribution >= 4 is 94.3 Å². The van der Waals surface area contributed by atoms with Crippen molar-refractivity contribution in [3.05, 3.63) is 88.8 Å². The van der Waals surface area contributed by atoms with Crippen molar-refractivity contribution in [1.29, 1.82) is 0 Å². The smallest absolute Gasteiger partial charge is 0.756 e. The van der Waals surface area contributed by atoms with E-state index in [-0.39, 0.29) is 99.8 Å². The fraction of sp³-hybridized carbons (Fsp3) is 0.597. The fourth-order valence-corrected chi connectivity index (χ4v) is 18.5. The minimum absolute atomic E-state index is 0. The van der Waals surface area contributed by atoms with Gasteiger partial charge in [0, 0.05) is 108 Å². The molecular formula is C72H100CoN18O17P-. The molecule has 1 aromatic carbocycles. The predicted molar refractivity (Wildman–Crippen MR) is 393 cm³/mol. The van der Waals surface area contributed by atoms with E-state index in [2.05, 4.69) is 32.2 Å². The zero-order valence-corrected chi connectivity index (χ0v) is 64.8. The molecule has 3 saturated heterocycles. The molecule has 19 N–H and O–H groups in total. The van der Waals surface area contributed by atoms with Crippen LogP contribution >= 0.6 is 7.82 Å². The first-order valence-corrected chi connectivity index (χ1v) is 37.3. The third kappa shape index (κ3) is 16.3. The summed E-state index contributed by atoms with van der Waals surface area (Å²) in [6, 6.07) is 2.65. The first-order valence-electron chi connectivity index (χ1n) is 35.9. The number of anilines is 1. The minimum Gasteiger partial charge on any atom is -0.756 e. The van der Waals surface area contributed by atoms with Gasteiger partial charge in [0.15, 0.2) is 23.9 Å². The molecule has 7 amide bonds. The van der Waals surface area contributed by atoms with E-state index in [1.54, 1.807) is 6.92 Å². The van der Waals surface area contributed by atoms with Gasteiger partial charge in [-0.2, -0.15) is 5.70 Å². The molecule has 10 heterocycles. The van der Waals surface area contributed by atoms with E-state index in [1.807, 2.05) is 80.5 Å². The van der Waals surface area contributed by atoms with Gasteiger partial charge in [-0.1, -0.05) is 40.7 Å². The second-order valence-corrected chi connectivity index (χ2v) is 32.4. The number of aromatic nitrogens is 6. The third-order valence-corrected chi connectivity index (χ3v) is 24.6. The maximum atomic E-state index is 14.4. The van der Waals surface area contributed by atoms with Crippen LogP contribution in [0, 0.1) is 66.1 Å². The average Bonchev–Trinajstić information content (AvgIpc) is 1.53. The van der Waals surface area contributed by atoms with Gasteiger partial charge in [-0.3, -0.25) is 57.7 Å². The standard InChI is InChI=1S/C62H90N13O14P.C10H12N5O3.Co/c1-29-20-39-40(21-30(29)2)75(28-70-39)57-52(84)53(41(27-76)87-57)89-90(85,86)88-31(3)26-69-49(83)18-19-59(8)37(22-46(66)80)56-62(11)61(10,25-48(68)82)36(14-17-45(65)79)51(74-62)33(5)55-60(9,24-47(67)81)34(12-15-43(63)77)38(71-55)23-42-58(6,7)35(13-16-44(64)78)50(72-42)32(4)54(59)73-56;1-4-6(16)7(17)10(18-4)15-3-14-5-8(11)12-2-13-9(5)15;/h20-21,23,28,31,34-37,41,52-53,56-57,76,84H,12-19,22,24-27H2,1-11H3,(H15,63,64,65,66,67,68,69,71,72,73,74,77,78,79,80,81,82,83,85,86);2-4,6-7,10,16-17H,1H2,(H2,11,12,13);/q;-1;+2/p-2/t31?,34-,35-,36-,37+,41+,52?,53?,56?,57+,59-,60+,61+,62+;4-,6-,7-,10-;/m11./s1. The summed E-state index contributed by atoms with van der Waals surface area (Å²) in [5, 5.41) is 49.6. The quantitative estimate of drug-likeness (QED) is 0.0301. The second kappa shape index (κ2) is 32.2. The number of aliphatic hydroxyl groups is 4. The van der Waals surface area contributed by atoms with Crippen molar-refractivity contribution in [1.82, 2.24) is 34.4 Å². The van der Waals surface area contributed by atoms with Gasteiger partial charge in [-0.15, -0.1) is 0 Å². The first kappa shape index (κ1) is 84.8. The summed E-state index contributed by atoms with van der Waals surface area (Å²) in [5.41, 5.74) is 43.2. The molecule has 7 aliphatic rings. The average molecular weight is 1580 g/mol. The Kier molecular flexibility index (Phi) is 25.0. The van der Waals surface area contributed by atoms with E-state index < -0.39 is 168 Å². The number of nitrogen functional groups attached to an aromatic ring is 1. The molecule has 35 nitrogen and oxygen atoms in total. The Bertz CT molecular complexity index is 4520. The SMILES string of the molecule is C/C1=C2/[N-]C([C@H](CC(N)=O)[C@@]2(C)CCC(=O)NCC(C)OP(=O)([O-])OC2C(O)[C@@H](n3cnc4cc(C)c(C)cc43)O[C@H]2CO)[C@]2(C)N=C(/C(C)=C3N=C(/C=C4N=C1[C@@H](CCC(N)=O)C\4(C)C)[C@@H](CCC(N)=O)[C@]\3(C)CC(N)=O)[C@@H](CCC(N)=O)[C@]2(C)CC(N)=O.[CH2-][C@H]1O[C@@H](n2cnc3c(N)ncnc32)[C@H](O)[C@@H]1O.[Co+2]. The number of hydrogen-bond donors (Lipinski definition) is 12.